The summed E-state index contributed by atoms with van der Waals surface area (Å²) >= 11 is 0. The highest BCUT2D eigenvalue weighted by molar-refractivity contribution is 5.40. The van der Waals surface area contributed by atoms with Crippen molar-refractivity contribution in [3.8, 4) is 29.4 Å². The summed E-state index contributed by atoms with van der Waals surface area (Å²) in [6, 6.07) is 7.87. The van der Waals surface area contributed by atoms with E-state index in [4.69, 9.17) is 4.74 Å². The van der Waals surface area contributed by atoms with Crippen LogP contribution in [0.15, 0.2) is 36.4 Å². The standard InChI is InChI=1S/C25H32O/c1-3-5-8-11-22-14-16-23(17-15-22)12-9-6-7-10-13-24-18-20-25(21-19-24)26-4-2/h6-7,18-23H,3-5,8,11,14-17H2,1-2H3/b7-6+. The molecule has 1 heteroatoms. The number of hydrogen-bond acceptors (Lipinski definition) is 1. The number of unbranched alkanes of at least 4 members (excludes halogenated alkanes) is 2. The zero-order valence-electron chi connectivity index (χ0n) is 16.4. The monoisotopic (exact) mass is 348 g/mol. The smallest absolute Gasteiger partial charge is 0.119 e. The molecule has 0 atom stereocenters. The number of benzene rings is 1. The van der Waals surface area contributed by atoms with Crippen molar-refractivity contribution in [2.75, 3.05) is 6.61 Å². The molecule has 1 aromatic carbocycles. The van der Waals surface area contributed by atoms with E-state index in [1.807, 2.05) is 43.3 Å². The Bertz CT molecular complexity index is 652. The second-order valence-corrected chi connectivity index (χ2v) is 7.06. The third-order valence-corrected chi connectivity index (χ3v) is 4.98. The summed E-state index contributed by atoms with van der Waals surface area (Å²) in [7, 11) is 0. The summed E-state index contributed by atoms with van der Waals surface area (Å²) in [6.07, 6.45) is 14.6. The molecule has 0 radical (unpaired) electrons. The second kappa shape index (κ2) is 12.3. The summed E-state index contributed by atoms with van der Waals surface area (Å²) in [5, 5.41) is 0. The molecule has 1 saturated carbocycles. The number of hydrogen-bond donors (Lipinski definition) is 0. The zero-order chi connectivity index (χ0) is 18.5. The molecule has 1 aliphatic carbocycles. The van der Waals surface area contributed by atoms with Crippen molar-refractivity contribution in [1.29, 1.82) is 0 Å². The lowest BCUT2D eigenvalue weighted by Crippen LogP contribution is -2.13. The van der Waals surface area contributed by atoms with Crippen molar-refractivity contribution < 1.29 is 4.74 Å². The molecule has 0 bridgehead atoms. The lowest BCUT2D eigenvalue weighted by atomic mass is 9.80. The first-order valence-corrected chi connectivity index (χ1v) is 10.2. The van der Waals surface area contributed by atoms with Gasteiger partial charge in [0.2, 0.25) is 0 Å². The van der Waals surface area contributed by atoms with Gasteiger partial charge in [0, 0.05) is 11.5 Å². The van der Waals surface area contributed by atoms with E-state index in [1.54, 1.807) is 0 Å². The Morgan fingerprint density at radius 3 is 2.38 bits per heavy atom. The van der Waals surface area contributed by atoms with Gasteiger partial charge in [-0.3, -0.25) is 0 Å². The predicted molar refractivity (Wildman–Crippen MR) is 111 cm³/mol. The summed E-state index contributed by atoms with van der Waals surface area (Å²) in [6.45, 7) is 4.95. The number of rotatable bonds is 6. The van der Waals surface area contributed by atoms with Crippen LogP contribution in [0.2, 0.25) is 0 Å². The van der Waals surface area contributed by atoms with Crippen LogP contribution in [0, 0.1) is 35.5 Å². The maximum Gasteiger partial charge on any atom is 0.119 e. The highest BCUT2D eigenvalue weighted by atomic mass is 16.5. The van der Waals surface area contributed by atoms with E-state index < -0.39 is 0 Å². The van der Waals surface area contributed by atoms with Gasteiger partial charge >= 0.3 is 0 Å². The molecule has 1 aliphatic rings. The van der Waals surface area contributed by atoms with Crippen molar-refractivity contribution in [2.45, 2.75) is 65.2 Å². The van der Waals surface area contributed by atoms with Crippen LogP contribution in [-0.2, 0) is 0 Å². The summed E-state index contributed by atoms with van der Waals surface area (Å²) < 4.78 is 5.43. The molecule has 1 aromatic rings. The molecule has 1 fully saturated rings. The van der Waals surface area contributed by atoms with E-state index in [0.29, 0.717) is 12.5 Å². The van der Waals surface area contributed by atoms with Crippen molar-refractivity contribution in [3.63, 3.8) is 0 Å². The van der Waals surface area contributed by atoms with Crippen molar-refractivity contribution in [1.82, 2.24) is 0 Å². The van der Waals surface area contributed by atoms with Gasteiger partial charge in [0.15, 0.2) is 0 Å². The molecule has 0 saturated heterocycles. The van der Waals surface area contributed by atoms with Crippen LogP contribution < -0.4 is 4.74 Å². The van der Waals surface area contributed by atoms with Crippen LogP contribution in [-0.4, -0.2) is 6.61 Å². The lowest BCUT2D eigenvalue weighted by molar-refractivity contribution is 0.294. The van der Waals surface area contributed by atoms with Crippen molar-refractivity contribution >= 4 is 0 Å². The molecular weight excluding hydrogens is 316 g/mol. The Morgan fingerprint density at radius 1 is 0.962 bits per heavy atom. The average molecular weight is 349 g/mol. The molecule has 0 N–H and O–H groups in total. The first kappa shape index (κ1) is 20.2. The molecule has 0 heterocycles. The predicted octanol–water partition coefficient (Wildman–Crippen LogP) is 6.38. The van der Waals surface area contributed by atoms with Crippen LogP contribution in [0.25, 0.3) is 0 Å². The molecular formula is C25H32O. The fraction of sp³-hybridized carbons (Fsp3) is 0.520. The molecule has 0 aromatic heterocycles. The Kier molecular flexibility index (Phi) is 9.53. The van der Waals surface area contributed by atoms with Gasteiger partial charge in [0.05, 0.1) is 6.61 Å². The quantitative estimate of drug-likeness (QED) is 0.428. The van der Waals surface area contributed by atoms with Gasteiger partial charge in [-0.1, -0.05) is 56.3 Å². The van der Waals surface area contributed by atoms with Crippen LogP contribution in [0.5, 0.6) is 5.75 Å². The zero-order valence-corrected chi connectivity index (χ0v) is 16.4. The van der Waals surface area contributed by atoms with E-state index >= 15 is 0 Å². The Hall–Kier alpha value is -2.12. The first-order chi connectivity index (χ1) is 12.8. The van der Waals surface area contributed by atoms with Gasteiger partial charge < -0.3 is 4.74 Å². The van der Waals surface area contributed by atoms with E-state index in [1.165, 1.54) is 51.4 Å². The minimum Gasteiger partial charge on any atom is -0.494 e. The fourth-order valence-corrected chi connectivity index (χ4v) is 3.45. The molecule has 0 amide bonds. The van der Waals surface area contributed by atoms with Crippen LogP contribution >= 0.6 is 0 Å². The van der Waals surface area contributed by atoms with Gasteiger partial charge in [-0.05, 0) is 74.9 Å². The summed E-state index contributed by atoms with van der Waals surface area (Å²) in [5.41, 5.74) is 0.993. The van der Waals surface area contributed by atoms with E-state index in [-0.39, 0.29) is 0 Å². The summed E-state index contributed by atoms with van der Waals surface area (Å²) in [4.78, 5) is 0. The van der Waals surface area contributed by atoms with Crippen molar-refractivity contribution in [3.05, 3.63) is 42.0 Å². The van der Waals surface area contributed by atoms with Gasteiger partial charge in [0.25, 0.3) is 0 Å². The van der Waals surface area contributed by atoms with Gasteiger partial charge in [0.1, 0.15) is 5.75 Å². The van der Waals surface area contributed by atoms with Crippen LogP contribution in [0.1, 0.15) is 70.8 Å². The lowest BCUT2D eigenvalue weighted by Gasteiger charge is -2.25. The highest BCUT2D eigenvalue weighted by Gasteiger charge is 2.19. The largest absolute Gasteiger partial charge is 0.494 e. The van der Waals surface area contributed by atoms with Crippen LogP contribution in [0.4, 0.5) is 0 Å². The van der Waals surface area contributed by atoms with Crippen LogP contribution in [0.3, 0.4) is 0 Å². The van der Waals surface area contributed by atoms with Crippen molar-refractivity contribution in [2.24, 2.45) is 11.8 Å². The SMILES string of the molecule is CCCCCC1CCC(C#C/C=C/C#Cc2ccc(OCC)cc2)CC1. The second-order valence-electron chi connectivity index (χ2n) is 7.06. The number of ether oxygens (including phenoxy) is 1. The minimum absolute atomic E-state index is 0.584. The molecule has 2 rings (SSSR count). The highest BCUT2D eigenvalue weighted by Crippen LogP contribution is 2.31. The summed E-state index contributed by atoms with van der Waals surface area (Å²) in [5.74, 6) is 15.2. The average Bonchev–Trinajstić information content (AvgIpc) is 2.67. The fourth-order valence-electron chi connectivity index (χ4n) is 3.45. The topological polar surface area (TPSA) is 9.23 Å². The normalized spacial score (nSPS) is 19.3. The Morgan fingerprint density at radius 2 is 1.69 bits per heavy atom. The molecule has 0 spiro atoms. The van der Waals surface area contributed by atoms with Gasteiger partial charge in [-0.15, -0.1) is 0 Å². The van der Waals surface area contributed by atoms with E-state index in [0.717, 1.165) is 17.2 Å². The number of allylic oxidation sites excluding steroid dienone is 2. The molecule has 1 nitrogen and oxygen atoms in total. The van der Waals surface area contributed by atoms with E-state index in [2.05, 4.69) is 30.6 Å². The first-order valence-electron chi connectivity index (χ1n) is 10.2. The van der Waals surface area contributed by atoms with Gasteiger partial charge in [-0.2, -0.15) is 0 Å². The Balaban J connectivity index is 1.70. The molecule has 138 valence electrons. The van der Waals surface area contributed by atoms with E-state index in [9.17, 15) is 0 Å². The maximum atomic E-state index is 5.43. The van der Waals surface area contributed by atoms with Gasteiger partial charge in [-0.25, -0.2) is 0 Å². The molecule has 0 unspecified atom stereocenters. The third-order valence-electron chi connectivity index (χ3n) is 4.98. The third kappa shape index (κ3) is 7.84. The molecule has 0 aliphatic heterocycles. The Labute approximate surface area is 160 Å². The molecule has 26 heavy (non-hydrogen) atoms. The maximum absolute atomic E-state index is 5.43. The minimum atomic E-state index is 0.584.